The number of carboxylic acids is 1. The fourth-order valence-corrected chi connectivity index (χ4v) is 4.99. The Bertz CT molecular complexity index is 1070. The van der Waals surface area contributed by atoms with Gasteiger partial charge in [0, 0.05) is 19.5 Å². The van der Waals surface area contributed by atoms with Crippen LogP contribution in [0.5, 0.6) is 5.75 Å². The lowest BCUT2D eigenvalue weighted by atomic mass is 9.80. The average Bonchev–Trinajstić information content (AvgIpc) is 2.88. The van der Waals surface area contributed by atoms with Gasteiger partial charge >= 0.3 is 5.97 Å². The molecular weight excluding hydrogens is 438 g/mol. The largest absolute Gasteiger partial charge is 0.482 e. The van der Waals surface area contributed by atoms with Gasteiger partial charge in [0.25, 0.3) is 0 Å². The summed E-state index contributed by atoms with van der Waals surface area (Å²) in [4.78, 5) is 26.2. The maximum Gasteiger partial charge on any atom is 0.341 e. The van der Waals surface area contributed by atoms with Crippen LogP contribution in [0, 0.1) is 0 Å². The summed E-state index contributed by atoms with van der Waals surface area (Å²) in [6, 6.07) is 26.2. The first-order valence-electron chi connectivity index (χ1n) is 12.4. The fraction of sp³-hybridized carbons (Fsp3) is 0.333. The highest BCUT2D eigenvalue weighted by Crippen LogP contribution is 2.39. The summed E-state index contributed by atoms with van der Waals surface area (Å²) in [6.45, 7) is 0.879. The molecule has 0 aliphatic heterocycles. The van der Waals surface area contributed by atoms with Gasteiger partial charge < -0.3 is 14.7 Å². The third kappa shape index (κ3) is 6.95. The van der Waals surface area contributed by atoms with Crippen molar-refractivity contribution in [1.82, 2.24) is 4.90 Å². The van der Waals surface area contributed by atoms with Crippen molar-refractivity contribution in [3.05, 3.63) is 101 Å². The molecule has 5 heteroatoms. The van der Waals surface area contributed by atoms with Crippen LogP contribution in [0.25, 0.3) is 0 Å². The first-order valence-corrected chi connectivity index (χ1v) is 12.4. The molecule has 1 N–H and O–H groups in total. The second kappa shape index (κ2) is 12.2. The maximum absolute atomic E-state index is 13.3. The molecule has 4 rings (SSSR count). The number of carboxylic acid groups (broad SMARTS) is 1. The average molecular weight is 472 g/mol. The van der Waals surface area contributed by atoms with Crippen LogP contribution in [0.4, 0.5) is 0 Å². The van der Waals surface area contributed by atoms with Gasteiger partial charge in [-0.1, -0.05) is 72.8 Å². The van der Waals surface area contributed by atoms with Crippen molar-refractivity contribution in [2.24, 2.45) is 0 Å². The molecule has 0 fully saturated rings. The van der Waals surface area contributed by atoms with E-state index in [1.54, 1.807) is 0 Å². The number of benzene rings is 3. The number of aliphatic carboxylic acids is 1. The van der Waals surface area contributed by atoms with Gasteiger partial charge in [-0.15, -0.1) is 0 Å². The van der Waals surface area contributed by atoms with Gasteiger partial charge in [-0.2, -0.15) is 0 Å². The Balaban J connectivity index is 1.39. The fourth-order valence-electron chi connectivity index (χ4n) is 4.99. The summed E-state index contributed by atoms with van der Waals surface area (Å²) in [5, 5.41) is 8.97. The quantitative estimate of drug-likeness (QED) is 0.374. The minimum Gasteiger partial charge on any atom is -0.482 e. The van der Waals surface area contributed by atoms with Crippen LogP contribution >= 0.6 is 0 Å². The van der Waals surface area contributed by atoms with Crippen molar-refractivity contribution in [1.29, 1.82) is 0 Å². The van der Waals surface area contributed by atoms with Crippen molar-refractivity contribution in [3.8, 4) is 5.75 Å². The summed E-state index contributed by atoms with van der Waals surface area (Å²) < 4.78 is 5.54. The van der Waals surface area contributed by atoms with Gasteiger partial charge in [0.15, 0.2) is 6.61 Å². The summed E-state index contributed by atoms with van der Waals surface area (Å²) in [5.74, 6) is 0.260. The molecule has 3 aromatic rings. The van der Waals surface area contributed by atoms with E-state index in [0.29, 0.717) is 31.2 Å². The van der Waals surface area contributed by atoms with Crippen molar-refractivity contribution in [2.45, 2.75) is 57.5 Å². The molecule has 1 atom stereocenters. The van der Waals surface area contributed by atoms with E-state index in [1.165, 1.54) is 5.56 Å². The van der Waals surface area contributed by atoms with Crippen LogP contribution in [-0.2, 0) is 29.1 Å². The number of nitrogens with zero attached hydrogens (tertiary/aromatic N) is 1. The summed E-state index contributed by atoms with van der Waals surface area (Å²) in [5.41, 5.74) is 4.64. The third-order valence-electron chi connectivity index (χ3n) is 6.67. The number of hydrogen-bond donors (Lipinski definition) is 1. The minimum absolute atomic E-state index is 0.173. The molecule has 0 heterocycles. The van der Waals surface area contributed by atoms with Gasteiger partial charge in [0.1, 0.15) is 5.75 Å². The van der Waals surface area contributed by atoms with Crippen molar-refractivity contribution >= 4 is 11.9 Å². The summed E-state index contributed by atoms with van der Waals surface area (Å²) in [6.07, 6.45) is 5.31. The molecule has 1 amide bonds. The van der Waals surface area contributed by atoms with Gasteiger partial charge in [-0.05, 0) is 66.3 Å². The lowest BCUT2D eigenvalue weighted by molar-refractivity contribution is -0.139. The third-order valence-corrected chi connectivity index (χ3v) is 6.67. The topological polar surface area (TPSA) is 66.8 Å². The second-order valence-corrected chi connectivity index (χ2v) is 9.21. The Kier molecular flexibility index (Phi) is 8.55. The van der Waals surface area contributed by atoms with Gasteiger partial charge in [-0.3, -0.25) is 4.79 Å². The van der Waals surface area contributed by atoms with Crippen molar-refractivity contribution < 1.29 is 19.4 Å². The number of amides is 1. The predicted molar refractivity (Wildman–Crippen MR) is 136 cm³/mol. The number of rotatable bonds is 11. The highest BCUT2D eigenvalue weighted by atomic mass is 16.5. The monoisotopic (exact) mass is 471 g/mol. The zero-order chi connectivity index (χ0) is 24.5. The zero-order valence-corrected chi connectivity index (χ0v) is 20.1. The summed E-state index contributed by atoms with van der Waals surface area (Å²) >= 11 is 0. The molecule has 1 unspecified atom stereocenters. The van der Waals surface area contributed by atoms with E-state index < -0.39 is 5.97 Å². The molecule has 3 aromatic carbocycles. The van der Waals surface area contributed by atoms with E-state index >= 15 is 0 Å². The Morgan fingerprint density at radius 2 is 1.54 bits per heavy atom. The first-order chi connectivity index (χ1) is 17.1. The van der Waals surface area contributed by atoms with E-state index in [2.05, 4.69) is 30.3 Å². The van der Waals surface area contributed by atoms with E-state index in [0.717, 1.165) is 48.8 Å². The second-order valence-electron chi connectivity index (χ2n) is 9.21. The van der Waals surface area contributed by atoms with Gasteiger partial charge in [0.05, 0.1) is 0 Å². The van der Waals surface area contributed by atoms with E-state index in [-0.39, 0.29) is 12.5 Å². The molecule has 182 valence electrons. The Morgan fingerprint density at radius 3 is 2.17 bits per heavy atom. The minimum atomic E-state index is -0.968. The maximum atomic E-state index is 13.3. The lowest BCUT2D eigenvalue weighted by Crippen LogP contribution is -2.30. The normalized spacial score (nSPS) is 14.7. The Labute approximate surface area is 207 Å². The molecule has 1 aliphatic rings. The van der Waals surface area contributed by atoms with Crippen LogP contribution in [0.1, 0.15) is 60.3 Å². The zero-order valence-electron chi connectivity index (χ0n) is 20.1. The molecule has 0 bridgehead atoms. The van der Waals surface area contributed by atoms with Crippen molar-refractivity contribution in [2.75, 3.05) is 6.61 Å². The smallest absolute Gasteiger partial charge is 0.341 e. The standard InChI is InChI=1S/C30H33NO4/c32-29(31(20-23-10-3-1-4-11-23)21-24-12-5-2-6-13-24)19-8-15-25-14-7-17-27-26(25)16-9-18-28(27)35-22-30(33)34/h1-6,9-13,16,18,25H,7-8,14-15,17,19-22H2,(H,33,34). The molecule has 0 aromatic heterocycles. The van der Waals surface area contributed by atoms with E-state index in [4.69, 9.17) is 9.84 Å². The SMILES string of the molecule is O=C(O)COc1cccc2c1CCCC2CCCC(=O)N(Cc1ccccc1)Cc1ccccc1. The number of fused-ring (bicyclic) bond motifs is 1. The lowest BCUT2D eigenvalue weighted by Gasteiger charge is -2.28. The highest BCUT2D eigenvalue weighted by Gasteiger charge is 2.24. The van der Waals surface area contributed by atoms with Crippen molar-refractivity contribution in [3.63, 3.8) is 0 Å². The number of hydrogen-bond acceptors (Lipinski definition) is 3. The van der Waals surface area contributed by atoms with Gasteiger partial charge in [0.2, 0.25) is 5.91 Å². The van der Waals surface area contributed by atoms with Crippen LogP contribution in [0.3, 0.4) is 0 Å². The number of ether oxygens (including phenoxy) is 1. The molecule has 0 radical (unpaired) electrons. The number of carbonyl (C=O) groups excluding carboxylic acids is 1. The molecule has 35 heavy (non-hydrogen) atoms. The van der Waals surface area contributed by atoms with E-state index in [9.17, 15) is 9.59 Å². The van der Waals surface area contributed by atoms with E-state index in [1.807, 2.05) is 53.4 Å². The highest BCUT2D eigenvalue weighted by molar-refractivity contribution is 5.76. The molecule has 0 saturated carbocycles. The molecular formula is C30H33NO4. The molecule has 5 nitrogen and oxygen atoms in total. The number of carbonyl (C=O) groups is 2. The summed E-state index contributed by atoms with van der Waals surface area (Å²) in [7, 11) is 0. The Morgan fingerprint density at radius 1 is 0.886 bits per heavy atom. The Hall–Kier alpha value is -3.60. The molecule has 1 aliphatic carbocycles. The van der Waals surface area contributed by atoms with Crippen LogP contribution in [-0.4, -0.2) is 28.5 Å². The molecule has 0 spiro atoms. The van der Waals surface area contributed by atoms with Gasteiger partial charge in [-0.25, -0.2) is 4.79 Å². The van der Waals surface area contributed by atoms with Crippen LogP contribution in [0.2, 0.25) is 0 Å². The predicted octanol–water partition coefficient (Wildman–Crippen LogP) is 5.97. The molecule has 0 saturated heterocycles. The van der Waals surface area contributed by atoms with Crippen LogP contribution in [0.15, 0.2) is 78.9 Å². The van der Waals surface area contributed by atoms with Crippen LogP contribution < -0.4 is 4.74 Å². The first kappa shape index (κ1) is 24.5.